The van der Waals surface area contributed by atoms with Gasteiger partial charge in [0.05, 0.1) is 5.54 Å². The first-order chi connectivity index (χ1) is 8.36. The number of amides is 1. The van der Waals surface area contributed by atoms with Gasteiger partial charge in [0.15, 0.2) is 0 Å². The predicted molar refractivity (Wildman–Crippen MR) is 71.0 cm³/mol. The average Bonchev–Trinajstić information content (AvgIpc) is 2.33. The van der Waals surface area contributed by atoms with Gasteiger partial charge in [-0.25, -0.2) is 4.39 Å². The molecule has 2 N–H and O–H groups in total. The minimum absolute atomic E-state index is 0.0381. The van der Waals surface area contributed by atoms with Gasteiger partial charge in [-0.1, -0.05) is 12.1 Å². The molecule has 1 aromatic rings. The average molecular weight is 252 g/mol. The van der Waals surface area contributed by atoms with Gasteiger partial charge in [-0.3, -0.25) is 4.79 Å². The van der Waals surface area contributed by atoms with Crippen LogP contribution in [0.2, 0.25) is 0 Å². The molecule has 0 atom stereocenters. The van der Waals surface area contributed by atoms with Crippen molar-refractivity contribution in [2.75, 3.05) is 13.6 Å². The smallest absolute Gasteiger partial charge is 0.239 e. The number of hydrogen-bond acceptors (Lipinski definition) is 2. The molecular weight excluding hydrogens is 231 g/mol. The van der Waals surface area contributed by atoms with Crippen molar-refractivity contribution < 1.29 is 9.18 Å². The second kappa shape index (κ2) is 5.96. The van der Waals surface area contributed by atoms with E-state index in [9.17, 15) is 9.18 Å². The van der Waals surface area contributed by atoms with Crippen LogP contribution in [-0.4, -0.2) is 25.0 Å². The molecule has 0 radical (unpaired) electrons. The Morgan fingerprint density at radius 1 is 1.39 bits per heavy atom. The summed E-state index contributed by atoms with van der Waals surface area (Å²) in [5.74, 6) is -0.233. The molecule has 0 aliphatic carbocycles. The zero-order valence-corrected chi connectivity index (χ0v) is 11.4. The minimum atomic E-state index is -0.571. The van der Waals surface area contributed by atoms with E-state index in [1.807, 2.05) is 19.9 Å². The summed E-state index contributed by atoms with van der Waals surface area (Å²) in [6.45, 7) is 5.94. The molecule has 0 unspecified atom stereocenters. The molecule has 1 rings (SSSR count). The Balaban J connectivity index is 2.47. The first-order valence-corrected chi connectivity index (χ1v) is 6.09. The highest BCUT2D eigenvalue weighted by atomic mass is 19.1. The van der Waals surface area contributed by atoms with E-state index < -0.39 is 5.54 Å². The SMILES string of the molecule is CNC(C)(C)C(=O)NCCc1ccc(F)c(C)c1. The van der Waals surface area contributed by atoms with Crippen molar-refractivity contribution in [3.8, 4) is 0 Å². The molecule has 0 saturated heterocycles. The molecule has 0 aliphatic rings. The lowest BCUT2D eigenvalue weighted by Gasteiger charge is -2.22. The number of benzene rings is 1. The molecule has 0 aromatic heterocycles. The van der Waals surface area contributed by atoms with Crippen LogP contribution in [0.4, 0.5) is 4.39 Å². The number of likely N-dealkylation sites (N-methyl/N-ethyl adjacent to an activating group) is 1. The number of carbonyl (C=O) groups excluding carboxylic acids is 1. The second-order valence-electron chi connectivity index (χ2n) is 4.96. The van der Waals surface area contributed by atoms with Crippen LogP contribution in [0, 0.1) is 12.7 Å². The lowest BCUT2D eigenvalue weighted by atomic mass is 10.0. The van der Waals surface area contributed by atoms with Crippen molar-refractivity contribution in [2.24, 2.45) is 0 Å². The van der Waals surface area contributed by atoms with Crippen molar-refractivity contribution in [1.29, 1.82) is 0 Å². The van der Waals surface area contributed by atoms with Crippen LogP contribution < -0.4 is 10.6 Å². The summed E-state index contributed by atoms with van der Waals surface area (Å²) in [6, 6.07) is 5.02. The Hall–Kier alpha value is -1.42. The topological polar surface area (TPSA) is 41.1 Å². The van der Waals surface area contributed by atoms with Crippen molar-refractivity contribution in [3.63, 3.8) is 0 Å². The van der Waals surface area contributed by atoms with Gasteiger partial charge >= 0.3 is 0 Å². The fourth-order valence-electron chi connectivity index (χ4n) is 1.52. The first kappa shape index (κ1) is 14.6. The normalized spacial score (nSPS) is 11.4. The fourth-order valence-corrected chi connectivity index (χ4v) is 1.52. The monoisotopic (exact) mass is 252 g/mol. The van der Waals surface area contributed by atoms with E-state index in [0.717, 1.165) is 5.56 Å². The van der Waals surface area contributed by atoms with Crippen LogP contribution in [0.5, 0.6) is 0 Å². The van der Waals surface area contributed by atoms with Crippen LogP contribution in [0.1, 0.15) is 25.0 Å². The molecule has 0 fully saturated rings. The molecular formula is C14H21FN2O. The van der Waals surface area contributed by atoms with E-state index in [1.165, 1.54) is 6.07 Å². The molecule has 0 saturated carbocycles. The largest absolute Gasteiger partial charge is 0.354 e. The zero-order valence-electron chi connectivity index (χ0n) is 11.4. The predicted octanol–water partition coefficient (Wildman–Crippen LogP) is 1.79. The van der Waals surface area contributed by atoms with E-state index in [-0.39, 0.29) is 11.7 Å². The highest BCUT2D eigenvalue weighted by Gasteiger charge is 2.24. The van der Waals surface area contributed by atoms with E-state index in [4.69, 9.17) is 0 Å². The van der Waals surface area contributed by atoms with Gasteiger partial charge in [0.2, 0.25) is 5.91 Å². The molecule has 0 spiro atoms. The summed E-state index contributed by atoms with van der Waals surface area (Å²) < 4.78 is 13.1. The minimum Gasteiger partial charge on any atom is -0.354 e. The summed E-state index contributed by atoms with van der Waals surface area (Å²) in [5, 5.41) is 5.81. The van der Waals surface area contributed by atoms with Gasteiger partial charge in [-0.15, -0.1) is 0 Å². The highest BCUT2D eigenvalue weighted by molar-refractivity contribution is 5.85. The molecule has 0 heterocycles. The summed E-state index contributed by atoms with van der Waals surface area (Å²) in [4.78, 5) is 11.8. The maximum absolute atomic E-state index is 13.1. The van der Waals surface area contributed by atoms with Crippen LogP contribution in [-0.2, 0) is 11.2 Å². The Bertz CT molecular complexity index is 430. The van der Waals surface area contributed by atoms with Crippen LogP contribution in [0.3, 0.4) is 0 Å². The Labute approximate surface area is 108 Å². The number of carbonyl (C=O) groups is 1. The summed E-state index contributed by atoms with van der Waals surface area (Å²) in [7, 11) is 1.75. The lowest BCUT2D eigenvalue weighted by Crippen LogP contribution is -2.51. The van der Waals surface area contributed by atoms with Crippen LogP contribution >= 0.6 is 0 Å². The molecule has 0 bridgehead atoms. The maximum Gasteiger partial charge on any atom is 0.239 e. The summed E-state index contributed by atoms with van der Waals surface area (Å²) >= 11 is 0. The number of nitrogens with one attached hydrogen (secondary N) is 2. The molecule has 18 heavy (non-hydrogen) atoms. The van der Waals surface area contributed by atoms with Crippen molar-refractivity contribution >= 4 is 5.91 Å². The van der Waals surface area contributed by atoms with Crippen LogP contribution in [0.15, 0.2) is 18.2 Å². The molecule has 0 aliphatic heterocycles. The summed E-state index contributed by atoms with van der Waals surface area (Å²) in [6.07, 6.45) is 0.701. The van der Waals surface area contributed by atoms with Gasteiger partial charge in [0, 0.05) is 6.54 Å². The first-order valence-electron chi connectivity index (χ1n) is 6.09. The van der Waals surface area contributed by atoms with Gasteiger partial charge in [-0.05, 0) is 51.4 Å². The van der Waals surface area contributed by atoms with Crippen molar-refractivity contribution in [3.05, 3.63) is 35.1 Å². The van der Waals surface area contributed by atoms with Gasteiger partial charge in [-0.2, -0.15) is 0 Å². The molecule has 3 nitrogen and oxygen atoms in total. The van der Waals surface area contributed by atoms with Gasteiger partial charge < -0.3 is 10.6 Å². The number of rotatable bonds is 5. The lowest BCUT2D eigenvalue weighted by molar-refractivity contribution is -0.126. The van der Waals surface area contributed by atoms with E-state index in [1.54, 1.807) is 20.0 Å². The second-order valence-corrected chi connectivity index (χ2v) is 4.96. The van der Waals surface area contributed by atoms with Gasteiger partial charge in [0.25, 0.3) is 0 Å². The third-order valence-electron chi connectivity index (χ3n) is 3.11. The molecule has 100 valence electrons. The number of aryl methyl sites for hydroxylation is 1. The standard InChI is InChI=1S/C14H21FN2O/c1-10-9-11(5-6-12(10)15)7-8-17-13(18)14(2,3)16-4/h5-6,9,16H,7-8H2,1-4H3,(H,17,18). The number of halogens is 1. The Kier molecular flexibility index (Phi) is 4.84. The Morgan fingerprint density at radius 3 is 2.61 bits per heavy atom. The van der Waals surface area contributed by atoms with E-state index in [2.05, 4.69) is 10.6 Å². The Morgan fingerprint density at radius 2 is 2.06 bits per heavy atom. The van der Waals surface area contributed by atoms with E-state index >= 15 is 0 Å². The quantitative estimate of drug-likeness (QED) is 0.839. The number of hydrogen-bond donors (Lipinski definition) is 2. The molecule has 4 heteroatoms. The van der Waals surface area contributed by atoms with Crippen molar-refractivity contribution in [2.45, 2.75) is 32.7 Å². The third-order valence-corrected chi connectivity index (χ3v) is 3.11. The summed E-state index contributed by atoms with van der Waals surface area (Å²) in [5.41, 5.74) is 1.09. The molecule has 1 aromatic carbocycles. The highest BCUT2D eigenvalue weighted by Crippen LogP contribution is 2.09. The third kappa shape index (κ3) is 3.81. The van der Waals surface area contributed by atoms with Crippen LogP contribution in [0.25, 0.3) is 0 Å². The zero-order chi connectivity index (χ0) is 13.8. The van der Waals surface area contributed by atoms with Gasteiger partial charge in [0.1, 0.15) is 5.82 Å². The van der Waals surface area contributed by atoms with E-state index in [0.29, 0.717) is 18.5 Å². The van der Waals surface area contributed by atoms with Crippen molar-refractivity contribution in [1.82, 2.24) is 10.6 Å². The molecule has 1 amide bonds. The maximum atomic E-state index is 13.1. The fraction of sp³-hybridized carbons (Fsp3) is 0.500.